The zero-order chi connectivity index (χ0) is 15.2. The molecule has 0 saturated carbocycles. The summed E-state index contributed by atoms with van der Waals surface area (Å²) < 4.78 is 0. The molecule has 0 aliphatic rings. The van der Waals surface area contributed by atoms with E-state index in [0.717, 1.165) is 0 Å². The van der Waals surface area contributed by atoms with E-state index in [1.807, 2.05) is 5.38 Å². The first-order valence-corrected chi connectivity index (χ1v) is 7.31. The van der Waals surface area contributed by atoms with Crippen LogP contribution in [0.1, 0.15) is 20.0 Å². The number of anilines is 1. The number of likely N-dealkylation sites (N-methyl/N-ethyl adjacent to an activating group) is 1. The van der Waals surface area contributed by atoms with Gasteiger partial charge in [-0.05, 0) is 23.6 Å². The highest BCUT2D eigenvalue weighted by atomic mass is 32.1. The van der Waals surface area contributed by atoms with Crippen LogP contribution >= 0.6 is 11.3 Å². The van der Waals surface area contributed by atoms with Crippen molar-refractivity contribution in [1.82, 2.24) is 4.90 Å². The van der Waals surface area contributed by atoms with E-state index < -0.39 is 0 Å². The Morgan fingerprint density at radius 1 is 1.24 bits per heavy atom. The number of thiophene rings is 1. The highest BCUT2D eigenvalue weighted by Gasteiger charge is 2.17. The molecule has 2 amide bonds. The van der Waals surface area contributed by atoms with Crippen LogP contribution in [0.2, 0.25) is 0 Å². The Hall–Kier alpha value is -2.18. The second-order valence-electron chi connectivity index (χ2n) is 4.43. The molecule has 110 valence electrons. The van der Waals surface area contributed by atoms with Crippen molar-refractivity contribution < 1.29 is 14.7 Å². The molecule has 0 bridgehead atoms. The van der Waals surface area contributed by atoms with Gasteiger partial charge in [0.05, 0.1) is 22.7 Å². The maximum atomic E-state index is 12.3. The molecule has 0 aliphatic heterocycles. The minimum atomic E-state index is -0.244. The maximum absolute atomic E-state index is 12.3. The Morgan fingerprint density at radius 2 is 2.00 bits per heavy atom. The summed E-state index contributed by atoms with van der Waals surface area (Å²) in [5, 5.41) is 13.5. The monoisotopic (exact) mass is 304 g/mol. The molecule has 2 rings (SSSR count). The van der Waals surface area contributed by atoms with Crippen molar-refractivity contribution in [1.29, 1.82) is 0 Å². The number of hydrogen-bond acceptors (Lipinski definition) is 4. The summed E-state index contributed by atoms with van der Waals surface area (Å²) in [5.74, 6) is -0.485. The summed E-state index contributed by atoms with van der Waals surface area (Å²) in [6.45, 7) is 0.137. The highest BCUT2D eigenvalue weighted by Crippen LogP contribution is 2.19. The van der Waals surface area contributed by atoms with Gasteiger partial charge in [0.15, 0.2) is 0 Å². The molecule has 0 unspecified atom stereocenters. The van der Waals surface area contributed by atoms with Crippen LogP contribution in [0.15, 0.2) is 41.8 Å². The van der Waals surface area contributed by atoms with Gasteiger partial charge in [-0.2, -0.15) is 0 Å². The highest BCUT2D eigenvalue weighted by molar-refractivity contribution is 7.12. The van der Waals surface area contributed by atoms with Crippen molar-refractivity contribution in [2.75, 3.05) is 25.5 Å². The average Bonchev–Trinajstić information content (AvgIpc) is 3.01. The van der Waals surface area contributed by atoms with Crippen LogP contribution in [0.5, 0.6) is 0 Å². The lowest BCUT2D eigenvalue weighted by Crippen LogP contribution is -2.30. The van der Waals surface area contributed by atoms with E-state index in [4.69, 9.17) is 5.11 Å². The number of para-hydroxylation sites is 1. The number of benzene rings is 1. The van der Waals surface area contributed by atoms with Gasteiger partial charge < -0.3 is 15.3 Å². The molecule has 1 aromatic carbocycles. The van der Waals surface area contributed by atoms with Crippen molar-refractivity contribution in [2.24, 2.45) is 0 Å². The molecule has 1 heterocycles. The minimum absolute atomic E-state index is 0.105. The normalized spacial score (nSPS) is 10.2. The molecule has 0 aliphatic carbocycles. The van der Waals surface area contributed by atoms with Crippen LogP contribution in [-0.4, -0.2) is 42.0 Å². The lowest BCUT2D eigenvalue weighted by molar-refractivity contribution is 0.0768. The largest absolute Gasteiger partial charge is 0.395 e. The van der Waals surface area contributed by atoms with Crippen molar-refractivity contribution >= 4 is 28.8 Å². The number of carbonyl (C=O) groups is 2. The third kappa shape index (κ3) is 3.68. The Kier molecular flexibility index (Phi) is 5.08. The van der Waals surface area contributed by atoms with Crippen LogP contribution in [0, 0.1) is 0 Å². The van der Waals surface area contributed by atoms with E-state index in [1.54, 1.807) is 43.4 Å². The molecule has 5 nitrogen and oxygen atoms in total. The second-order valence-corrected chi connectivity index (χ2v) is 5.38. The average molecular weight is 304 g/mol. The molecule has 0 radical (unpaired) electrons. The number of nitrogens with one attached hydrogen (secondary N) is 1. The summed E-state index contributed by atoms with van der Waals surface area (Å²) in [6.07, 6.45) is 0. The van der Waals surface area contributed by atoms with Crippen LogP contribution in [-0.2, 0) is 0 Å². The molecule has 2 aromatic rings. The number of aliphatic hydroxyl groups is 1. The van der Waals surface area contributed by atoms with Gasteiger partial charge in [-0.3, -0.25) is 9.59 Å². The number of rotatable bonds is 5. The van der Waals surface area contributed by atoms with Crippen LogP contribution in [0.3, 0.4) is 0 Å². The first kappa shape index (κ1) is 15.2. The zero-order valence-corrected chi connectivity index (χ0v) is 12.4. The van der Waals surface area contributed by atoms with Crippen molar-refractivity contribution in [2.45, 2.75) is 0 Å². The van der Waals surface area contributed by atoms with E-state index >= 15 is 0 Å². The standard InChI is InChI=1S/C15H16N2O3S/c1-17(8-9-18)15(20)11-5-2-3-6-12(11)16-14(19)13-7-4-10-21-13/h2-7,10,18H,8-9H2,1H3,(H,16,19). The molecule has 6 heteroatoms. The first-order chi connectivity index (χ1) is 10.1. The van der Waals surface area contributed by atoms with Gasteiger partial charge >= 0.3 is 0 Å². The lowest BCUT2D eigenvalue weighted by Gasteiger charge is -2.18. The molecular weight excluding hydrogens is 288 g/mol. The Labute approximate surface area is 126 Å². The van der Waals surface area contributed by atoms with E-state index in [1.165, 1.54) is 16.2 Å². The summed E-state index contributed by atoms with van der Waals surface area (Å²) in [4.78, 5) is 26.4. The van der Waals surface area contributed by atoms with Gasteiger partial charge in [0.2, 0.25) is 0 Å². The van der Waals surface area contributed by atoms with E-state index in [0.29, 0.717) is 16.1 Å². The zero-order valence-electron chi connectivity index (χ0n) is 11.6. The first-order valence-electron chi connectivity index (χ1n) is 6.43. The Bertz CT molecular complexity index is 626. The molecule has 1 aromatic heterocycles. The van der Waals surface area contributed by atoms with Crippen LogP contribution in [0.25, 0.3) is 0 Å². The third-order valence-corrected chi connectivity index (χ3v) is 3.80. The van der Waals surface area contributed by atoms with Gasteiger partial charge in [-0.1, -0.05) is 18.2 Å². The van der Waals surface area contributed by atoms with Crippen LogP contribution < -0.4 is 5.32 Å². The van der Waals surface area contributed by atoms with Gasteiger partial charge in [-0.25, -0.2) is 0 Å². The number of nitrogens with zero attached hydrogens (tertiary/aromatic N) is 1. The predicted molar refractivity (Wildman–Crippen MR) is 82.8 cm³/mol. The fraction of sp³-hybridized carbons (Fsp3) is 0.200. The Balaban J connectivity index is 2.21. The summed E-state index contributed by atoms with van der Waals surface area (Å²) >= 11 is 1.34. The molecule has 0 saturated heterocycles. The molecule has 0 spiro atoms. The van der Waals surface area contributed by atoms with Gasteiger partial charge in [0.25, 0.3) is 11.8 Å². The van der Waals surface area contributed by atoms with E-state index in [2.05, 4.69) is 5.32 Å². The lowest BCUT2D eigenvalue weighted by atomic mass is 10.1. The summed E-state index contributed by atoms with van der Waals surface area (Å²) in [6, 6.07) is 10.4. The second kappa shape index (κ2) is 7.01. The third-order valence-electron chi connectivity index (χ3n) is 2.93. The topological polar surface area (TPSA) is 69.6 Å². The molecular formula is C15H16N2O3S. The minimum Gasteiger partial charge on any atom is -0.395 e. The fourth-order valence-corrected chi connectivity index (χ4v) is 2.45. The van der Waals surface area contributed by atoms with E-state index in [-0.39, 0.29) is 25.0 Å². The van der Waals surface area contributed by atoms with E-state index in [9.17, 15) is 9.59 Å². The molecule has 0 atom stereocenters. The quantitative estimate of drug-likeness (QED) is 0.888. The fourth-order valence-electron chi connectivity index (χ4n) is 1.83. The van der Waals surface area contributed by atoms with Gasteiger partial charge in [0, 0.05) is 13.6 Å². The molecule has 21 heavy (non-hydrogen) atoms. The summed E-state index contributed by atoms with van der Waals surface area (Å²) in [5.41, 5.74) is 0.865. The SMILES string of the molecule is CN(CCO)C(=O)c1ccccc1NC(=O)c1cccs1. The summed E-state index contributed by atoms with van der Waals surface area (Å²) in [7, 11) is 1.61. The maximum Gasteiger partial charge on any atom is 0.265 e. The number of aliphatic hydroxyl groups excluding tert-OH is 1. The number of carbonyl (C=O) groups excluding carboxylic acids is 2. The Morgan fingerprint density at radius 3 is 2.67 bits per heavy atom. The predicted octanol–water partition coefficient (Wildman–Crippen LogP) is 2.06. The molecule has 2 N–H and O–H groups in total. The smallest absolute Gasteiger partial charge is 0.265 e. The van der Waals surface area contributed by atoms with Gasteiger partial charge in [-0.15, -0.1) is 11.3 Å². The van der Waals surface area contributed by atoms with Gasteiger partial charge in [0.1, 0.15) is 0 Å². The number of amides is 2. The molecule has 0 fully saturated rings. The van der Waals surface area contributed by atoms with Crippen molar-refractivity contribution in [3.05, 3.63) is 52.2 Å². The van der Waals surface area contributed by atoms with Crippen molar-refractivity contribution in [3.8, 4) is 0 Å². The van der Waals surface area contributed by atoms with Crippen LogP contribution in [0.4, 0.5) is 5.69 Å². The number of hydrogen-bond donors (Lipinski definition) is 2. The van der Waals surface area contributed by atoms with Crippen molar-refractivity contribution in [3.63, 3.8) is 0 Å².